The lowest BCUT2D eigenvalue weighted by molar-refractivity contribution is -0.157. The van der Waals surface area contributed by atoms with E-state index in [1.54, 1.807) is 19.2 Å². The van der Waals surface area contributed by atoms with Crippen molar-refractivity contribution in [3.05, 3.63) is 62.7 Å². The number of aryl methyl sites for hydroxylation is 1. The molecule has 3 unspecified atom stereocenters. The lowest BCUT2D eigenvalue weighted by Gasteiger charge is -2.62. The Balaban J connectivity index is 1.05. The van der Waals surface area contributed by atoms with Crippen LogP contribution in [0.2, 0.25) is 0 Å². The maximum absolute atomic E-state index is 15.0. The van der Waals surface area contributed by atoms with Gasteiger partial charge in [-0.2, -0.15) is 17.0 Å². The molecular weight excluding hydrogens is 901 g/mol. The number of esters is 2. The Morgan fingerprint density at radius 1 is 1.00 bits per heavy atom. The largest absolute Gasteiger partial charge is 0.504 e. The third-order valence-electron chi connectivity index (χ3n) is 15.5. The van der Waals surface area contributed by atoms with Gasteiger partial charge in [-0.1, -0.05) is 12.5 Å². The van der Waals surface area contributed by atoms with E-state index < -0.39 is 46.9 Å². The van der Waals surface area contributed by atoms with Crippen LogP contribution in [0.1, 0.15) is 87.5 Å². The lowest BCUT2D eigenvalue weighted by atomic mass is 9.71. The van der Waals surface area contributed by atoms with Gasteiger partial charge in [0.2, 0.25) is 6.79 Å². The summed E-state index contributed by atoms with van der Waals surface area (Å²) in [4.78, 5) is 45.6. The van der Waals surface area contributed by atoms with Crippen molar-refractivity contribution in [1.29, 1.82) is 5.26 Å². The number of benzene rings is 3. The Hall–Kier alpha value is -5.26. The zero-order chi connectivity index (χ0) is 46.6. The fraction of sp³-hybridized carbons (Fsp3) is 0.542. The summed E-state index contributed by atoms with van der Waals surface area (Å²) in [5.41, 5.74) is 4.31. The minimum absolute atomic E-state index is 0.0322. The molecule has 354 valence electrons. The number of piperazine rings is 1. The molecule has 9 aliphatic rings. The zero-order valence-electron chi connectivity index (χ0n) is 37.9. The Bertz CT molecular complexity index is 2650. The maximum Gasteiger partial charge on any atom is 0.331 e. The standard InChI is InChI=1S/C48H54N6O11S2/c1-21-12-24-13-27-28(16-49)54-29-17-62-46(58)48(25-15-31(60-4)30(55)14-23(25)10-11-50-48)19-67-45(39(54)38(53(27)3)34(24)40(57)41(21)61-5)36-35(29)44-43(63-20-64-44)22(2)42(36)65-33(56)9-7-6-8-32-37-26(18-66-32)51-47(59)52-37/h12,14-15,26-29,32,37-39,45,50,55,57H,6-11,13,17-20H2,1-5H3,(H2,51,52,59)/t26?,27-,28-,29+,32-,37?,38+,39?,45+,48+/m0/s1. The van der Waals surface area contributed by atoms with Crippen molar-refractivity contribution in [2.24, 2.45) is 0 Å². The molecule has 0 aliphatic carbocycles. The first-order valence-electron chi connectivity index (χ1n) is 23.0. The van der Waals surface area contributed by atoms with Crippen LogP contribution in [0.4, 0.5) is 4.79 Å². The van der Waals surface area contributed by atoms with Gasteiger partial charge in [0, 0.05) is 64.1 Å². The molecule has 4 bridgehead atoms. The summed E-state index contributed by atoms with van der Waals surface area (Å²) in [6.07, 6.45) is 3.35. The smallest absolute Gasteiger partial charge is 0.331 e. The highest BCUT2D eigenvalue weighted by atomic mass is 32.2. The first kappa shape index (κ1) is 44.3. The van der Waals surface area contributed by atoms with Crippen LogP contribution in [0.15, 0.2) is 18.2 Å². The van der Waals surface area contributed by atoms with Crippen molar-refractivity contribution in [2.45, 2.75) is 111 Å². The zero-order valence-corrected chi connectivity index (χ0v) is 39.6. The molecule has 4 saturated heterocycles. The summed E-state index contributed by atoms with van der Waals surface area (Å²) in [6.45, 7) is 3.90. The number of nitrogens with zero attached hydrogens (tertiary/aromatic N) is 3. The number of phenolic OH excluding ortho intramolecular Hbond substituents is 2. The molecular formula is C48H54N6O11S2. The first-order chi connectivity index (χ1) is 32.4. The summed E-state index contributed by atoms with van der Waals surface area (Å²) in [5.74, 6) is 1.85. The minimum atomic E-state index is -1.40. The Morgan fingerprint density at radius 3 is 2.61 bits per heavy atom. The number of fused-ring (bicyclic) bond motifs is 10. The van der Waals surface area contributed by atoms with Crippen molar-refractivity contribution in [3.63, 3.8) is 0 Å². The number of urea groups is 1. The van der Waals surface area contributed by atoms with Crippen molar-refractivity contribution >= 4 is 41.5 Å². The Kier molecular flexibility index (Phi) is 11.1. The van der Waals surface area contributed by atoms with Gasteiger partial charge in [-0.25, -0.2) is 9.59 Å². The molecule has 3 aromatic carbocycles. The summed E-state index contributed by atoms with van der Waals surface area (Å²) >= 11 is 3.32. The third kappa shape index (κ3) is 6.71. The fourth-order valence-electron chi connectivity index (χ4n) is 12.5. The number of rotatable bonds is 8. The van der Waals surface area contributed by atoms with Gasteiger partial charge in [0.15, 0.2) is 40.0 Å². The number of nitrogens with one attached hydrogen (secondary N) is 3. The lowest BCUT2D eigenvalue weighted by Crippen LogP contribution is -2.69. The number of unbranched alkanes of at least 4 members (excludes halogenated alkanes) is 1. The van der Waals surface area contributed by atoms with Gasteiger partial charge in [-0.05, 0) is 81.0 Å². The molecule has 19 heteroatoms. The van der Waals surface area contributed by atoms with Gasteiger partial charge in [-0.3, -0.25) is 19.9 Å². The van der Waals surface area contributed by atoms with Crippen LogP contribution < -0.4 is 39.6 Å². The van der Waals surface area contributed by atoms with Crippen LogP contribution in [0, 0.1) is 25.2 Å². The minimum Gasteiger partial charge on any atom is -0.504 e. The number of hydrogen-bond acceptors (Lipinski definition) is 17. The van der Waals surface area contributed by atoms with E-state index in [0.717, 1.165) is 35.3 Å². The molecule has 9 aliphatic heterocycles. The van der Waals surface area contributed by atoms with Crippen molar-refractivity contribution in [3.8, 4) is 46.3 Å². The first-order valence-corrected chi connectivity index (χ1v) is 25.1. The topological polar surface area (TPSA) is 213 Å². The van der Waals surface area contributed by atoms with Crippen molar-refractivity contribution < 1.29 is 53.0 Å². The number of hydrogen-bond donors (Lipinski definition) is 5. The van der Waals surface area contributed by atoms with Crippen LogP contribution in [-0.2, 0) is 32.7 Å². The molecule has 0 aromatic heterocycles. The van der Waals surface area contributed by atoms with E-state index >= 15 is 4.79 Å². The van der Waals surface area contributed by atoms with Gasteiger partial charge in [0.05, 0.1) is 49.7 Å². The van der Waals surface area contributed by atoms with Crippen LogP contribution in [0.3, 0.4) is 0 Å². The third-order valence-corrected chi connectivity index (χ3v) is 18.4. The van der Waals surface area contributed by atoms with Gasteiger partial charge < -0.3 is 49.3 Å². The van der Waals surface area contributed by atoms with E-state index in [0.29, 0.717) is 76.6 Å². The predicted octanol–water partition coefficient (Wildman–Crippen LogP) is 4.69. The number of ether oxygens (including phenoxy) is 6. The molecule has 4 fully saturated rings. The summed E-state index contributed by atoms with van der Waals surface area (Å²) in [6, 6.07) is 5.22. The molecule has 5 N–H and O–H groups in total. The highest BCUT2D eigenvalue weighted by Crippen LogP contribution is 2.65. The van der Waals surface area contributed by atoms with Gasteiger partial charge in [-0.15, -0.1) is 11.8 Å². The summed E-state index contributed by atoms with van der Waals surface area (Å²) in [5, 5.41) is 43.7. The number of nitriles is 1. The predicted molar refractivity (Wildman–Crippen MR) is 246 cm³/mol. The number of phenols is 2. The summed E-state index contributed by atoms with van der Waals surface area (Å²) in [7, 11) is 5.00. The molecule has 67 heavy (non-hydrogen) atoms. The maximum atomic E-state index is 15.0. The average molecular weight is 955 g/mol. The van der Waals surface area contributed by atoms with Crippen LogP contribution in [0.5, 0.6) is 40.2 Å². The summed E-state index contributed by atoms with van der Waals surface area (Å²) < 4.78 is 37.1. The van der Waals surface area contributed by atoms with Gasteiger partial charge in [0.25, 0.3) is 0 Å². The quantitative estimate of drug-likeness (QED) is 0.0897. The normalized spacial score (nSPS) is 31.0. The van der Waals surface area contributed by atoms with E-state index in [-0.39, 0.29) is 72.2 Å². The molecule has 0 radical (unpaired) electrons. The van der Waals surface area contributed by atoms with E-state index in [1.165, 1.54) is 18.9 Å². The number of carbonyl (C=O) groups excluding carboxylic acids is 3. The number of thioether (sulfide) groups is 2. The molecule has 12 rings (SSSR count). The molecule has 2 amide bonds. The fourth-order valence-corrected chi connectivity index (χ4v) is 15.7. The molecule has 3 aromatic rings. The monoisotopic (exact) mass is 954 g/mol. The van der Waals surface area contributed by atoms with Gasteiger partial charge >= 0.3 is 18.0 Å². The number of carbonyl (C=O) groups is 3. The van der Waals surface area contributed by atoms with E-state index in [9.17, 15) is 25.1 Å². The molecule has 10 atom stereocenters. The second-order valence-corrected chi connectivity index (χ2v) is 21.2. The van der Waals surface area contributed by atoms with Crippen LogP contribution in [-0.4, -0.2) is 126 Å². The Morgan fingerprint density at radius 2 is 1.82 bits per heavy atom. The molecule has 1 spiro atoms. The van der Waals surface area contributed by atoms with Gasteiger partial charge in [0.1, 0.15) is 18.4 Å². The number of aromatic hydroxyl groups is 2. The highest BCUT2D eigenvalue weighted by Gasteiger charge is 2.62. The van der Waals surface area contributed by atoms with Crippen molar-refractivity contribution in [2.75, 3.05) is 52.7 Å². The van der Waals surface area contributed by atoms with E-state index in [4.69, 9.17) is 28.4 Å². The van der Waals surface area contributed by atoms with Crippen LogP contribution >= 0.6 is 23.5 Å². The van der Waals surface area contributed by atoms with E-state index in [1.807, 2.05) is 38.7 Å². The molecule has 9 heterocycles. The Labute approximate surface area is 396 Å². The number of methoxy groups -OCH3 is 2. The molecule has 17 nitrogen and oxygen atoms in total. The number of likely N-dealkylation sites (N-methyl/N-ethyl adjacent to an activating group) is 1. The second kappa shape index (κ2) is 16.8. The number of amides is 2. The van der Waals surface area contributed by atoms with Crippen LogP contribution in [0.25, 0.3) is 0 Å². The van der Waals surface area contributed by atoms with E-state index in [2.05, 4.69) is 31.8 Å². The SMILES string of the molecule is COc1cc2c(cc1O)CCN[C@]21CS[C@@H]2c3c(OC(=O)CCCC[C@@H]4SCC5NC(=O)NC54)c(C)c4c(c3[C@@H](COC1=O)N1C2[C@H]2c3c(cc(C)c(OC)c3O)C[C@@H]([C@@H]1C#N)N2C)OCO4. The highest BCUT2D eigenvalue weighted by molar-refractivity contribution is 8.00. The molecule has 0 saturated carbocycles. The average Bonchev–Trinajstić information content (AvgIpc) is 4.04. The van der Waals surface area contributed by atoms with Crippen molar-refractivity contribution in [1.82, 2.24) is 25.8 Å². The second-order valence-electron chi connectivity index (χ2n) is 18.8.